The summed E-state index contributed by atoms with van der Waals surface area (Å²) in [6, 6.07) is 0. The van der Waals surface area contributed by atoms with Crippen molar-refractivity contribution in [1.29, 1.82) is 0 Å². The van der Waals surface area contributed by atoms with Crippen molar-refractivity contribution in [3.8, 4) is 0 Å². The second-order valence-corrected chi connectivity index (χ2v) is 13.4. The van der Waals surface area contributed by atoms with Crippen LogP contribution in [-0.4, -0.2) is 33.6 Å². The summed E-state index contributed by atoms with van der Waals surface area (Å²) in [7, 11) is 0. The lowest BCUT2D eigenvalue weighted by molar-refractivity contribution is -0.241. The standard InChI is InChI=1S/C30H50O3/c1-8-28(5)25(33)13-15-30(7)22-16-23(31)26-20(19(4)11-9-10-18(2)3)12-14-29(26,6)21(22)17-24(32)27(28)30/h10-11,20-27,31-33H,8-9,12-17H2,1-7H3/b19-11-/t20-,21-,22-,23+,24-,25-,26-,27-,28+,29-,30-/m1/s1. The third kappa shape index (κ3) is 3.80. The van der Waals surface area contributed by atoms with Crippen molar-refractivity contribution in [2.75, 3.05) is 0 Å². The van der Waals surface area contributed by atoms with Gasteiger partial charge < -0.3 is 15.3 Å². The van der Waals surface area contributed by atoms with Crippen LogP contribution in [0.2, 0.25) is 0 Å². The normalized spacial score (nSPS) is 52.0. The molecule has 3 N–H and O–H groups in total. The molecule has 0 amide bonds. The van der Waals surface area contributed by atoms with Crippen LogP contribution in [0.1, 0.15) is 99.8 Å². The molecule has 0 radical (unpaired) electrons. The van der Waals surface area contributed by atoms with Crippen molar-refractivity contribution in [3.63, 3.8) is 0 Å². The second-order valence-electron chi connectivity index (χ2n) is 13.4. The maximum absolute atomic E-state index is 11.7. The van der Waals surface area contributed by atoms with Gasteiger partial charge in [-0.1, -0.05) is 51.0 Å². The first-order valence-corrected chi connectivity index (χ1v) is 13.7. The van der Waals surface area contributed by atoms with E-state index in [0.717, 1.165) is 51.4 Å². The molecular formula is C30H50O3. The Balaban J connectivity index is 1.66. The largest absolute Gasteiger partial charge is 0.393 e. The number of hydrogen-bond donors (Lipinski definition) is 3. The van der Waals surface area contributed by atoms with Gasteiger partial charge in [-0.25, -0.2) is 0 Å². The number of fused-ring (bicyclic) bond motifs is 5. The zero-order valence-electron chi connectivity index (χ0n) is 22.3. The zero-order chi connectivity index (χ0) is 24.3. The Morgan fingerprint density at radius 2 is 1.45 bits per heavy atom. The summed E-state index contributed by atoms with van der Waals surface area (Å²) in [6.07, 6.45) is 11.3. The molecule has 33 heavy (non-hydrogen) atoms. The molecule has 0 saturated heterocycles. The minimum Gasteiger partial charge on any atom is -0.393 e. The Hall–Kier alpha value is -0.640. The first kappa shape index (κ1) is 25.5. The highest BCUT2D eigenvalue weighted by atomic mass is 16.3. The molecule has 4 fully saturated rings. The van der Waals surface area contributed by atoms with Gasteiger partial charge >= 0.3 is 0 Å². The lowest BCUT2D eigenvalue weighted by atomic mass is 9.38. The molecule has 0 unspecified atom stereocenters. The van der Waals surface area contributed by atoms with E-state index in [4.69, 9.17) is 0 Å². The molecule has 11 atom stereocenters. The molecule has 0 aliphatic heterocycles. The highest BCUT2D eigenvalue weighted by Gasteiger charge is 2.68. The third-order valence-corrected chi connectivity index (χ3v) is 11.6. The molecule has 0 bridgehead atoms. The van der Waals surface area contributed by atoms with E-state index in [0.29, 0.717) is 23.7 Å². The Morgan fingerprint density at radius 3 is 2.09 bits per heavy atom. The van der Waals surface area contributed by atoms with Gasteiger partial charge in [0.2, 0.25) is 0 Å². The van der Waals surface area contributed by atoms with Crippen LogP contribution in [0.5, 0.6) is 0 Å². The van der Waals surface area contributed by atoms with Gasteiger partial charge in [-0.05, 0) is 118 Å². The molecule has 3 nitrogen and oxygen atoms in total. The number of aliphatic hydroxyl groups excluding tert-OH is 3. The topological polar surface area (TPSA) is 60.7 Å². The average Bonchev–Trinajstić information content (AvgIpc) is 3.11. The maximum atomic E-state index is 11.7. The molecule has 0 aromatic carbocycles. The van der Waals surface area contributed by atoms with Gasteiger partial charge in [0.25, 0.3) is 0 Å². The van der Waals surface area contributed by atoms with Crippen LogP contribution >= 0.6 is 0 Å². The monoisotopic (exact) mass is 458 g/mol. The molecule has 4 aliphatic carbocycles. The summed E-state index contributed by atoms with van der Waals surface area (Å²) < 4.78 is 0. The molecule has 0 aromatic heterocycles. The number of rotatable bonds is 4. The minimum atomic E-state index is -0.364. The Morgan fingerprint density at radius 1 is 0.848 bits per heavy atom. The van der Waals surface area contributed by atoms with E-state index in [2.05, 4.69) is 60.6 Å². The van der Waals surface area contributed by atoms with E-state index in [-0.39, 0.29) is 40.5 Å². The molecule has 4 aliphatic rings. The summed E-state index contributed by atoms with van der Waals surface area (Å²) in [5.74, 6) is 1.73. The van der Waals surface area contributed by atoms with Gasteiger partial charge in [-0.2, -0.15) is 0 Å². The highest BCUT2D eigenvalue weighted by Crippen LogP contribution is 2.71. The third-order valence-electron chi connectivity index (χ3n) is 11.6. The van der Waals surface area contributed by atoms with Gasteiger partial charge in [0.15, 0.2) is 0 Å². The molecule has 4 saturated carbocycles. The van der Waals surface area contributed by atoms with Crippen LogP contribution in [-0.2, 0) is 0 Å². The lowest BCUT2D eigenvalue weighted by Gasteiger charge is -2.67. The zero-order valence-corrected chi connectivity index (χ0v) is 22.3. The fraction of sp³-hybridized carbons (Fsp3) is 0.867. The van der Waals surface area contributed by atoms with Crippen LogP contribution in [0.15, 0.2) is 23.3 Å². The van der Waals surface area contributed by atoms with E-state index in [1.165, 1.54) is 11.1 Å². The van der Waals surface area contributed by atoms with Gasteiger partial charge in [0.1, 0.15) is 0 Å². The van der Waals surface area contributed by atoms with Crippen molar-refractivity contribution >= 4 is 0 Å². The van der Waals surface area contributed by atoms with E-state index < -0.39 is 0 Å². The Kier molecular flexibility index (Phi) is 6.78. The first-order chi connectivity index (χ1) is 15.4. The van der Waals surface area contributed by atoms with Crippen LogP contribution in [0.25, 0.3) is 0 Å². The Bertz CT molecular complexity index is 796. The smallest absolute Gasteiger partial charge is 0.0597 e. The van der Waals surface area contributed by atoms with E-state index in [9.17, 15) is 15.3 Å². The van der Waals surface area contributed by atoms with Crippen LogP contribution in [0.3, 0.4) is 0 Å². The summed E-state index contributed by atoms with van der Waals surface area (Å²) in [6.45, 7) is 15.8. The molecule has 0 heterocycles. The van der Waals surface area contributed by atoms with Gasteiger partial charge in [0, 0.05) is 0 Å². The molecule has 4 rings (SSSR count). The van der Waals surface area contributed by atoms with Crippen molar-refractivity contribution in [3.05, 3.63) is 23.3 Å². The van der Waals surface area contributed by atoms with Crippen molar-refractivity contribution in [2.24, 2.45) is 45.8 Å². The fourth-order valence-electron chi connectivity index (χ4n) is 9.79. The predicted octanol–water partition coefficient (Wildman–Crippen LogP) is 6.28. The quantitative estimate of drug-likeness (QED) is 0.435. The summed E-state index contributed by atoms with van der Waals surface area (Å²) >= 11 is 0. The Labute approximate surface area is 202 Å². The van der Waals surface area contributed by atoms with Crippen LogP contribution < -0.4 is 0 Å². The lowest BCUT2D eigenvalue weighted by Crippen LogP contribution is -2.66. The highest BCUT2D eigenvalue weighted by molar-refractivity contribution is 5.21. The fourth-order valence-corrected chi connectivity index (χ4v) is 9.79. The molecule has 0 spiro atoms. The van der Waals surface area contributed by atoms with Crippen molar-refractivity contribution in [2.45, 2.75) is 118 Å². The molecule has 3 heteroatoms. The number of allylic oxidation sites excluding steroid dienone is 4. The van der Waals surface area contributed by atoms with E-state index in [1.807, 2.05) is 0 Å². The summed E-state index contributed by atoms with van der Waals surface area (Å²) in [4.78, 5) is 0. The number of hydrogen-bond acceptors (Lipinski definition) is 3. The van der Waals surface area contributed by atoms with Gasteiger partial charge in [0.05, 0.1) is 18.3 Å². The summed E-state index contributed by atoms with van der Waals surface area (Å²) in [5, 5.41) is 34.3. The molecule has 188 valence electrons. The van der Waals surface area contributed by atoms with Crippen molar-refractivity contribution in [1.82, 2.24) is 0 Å². The summed E-state index contributed by atoms with van der Waals surface area (Å²) in [5.41, 5.74) is 2.60. The van der Waals surface area contributed by atoms with Crippen molar-refractivity contribution < 1.29 is 15.3 Å². The van der Waals surface area contributed by atoms with Gasteiger partial charge in [-0.15, -0.1) is 0 Å². The first-order valence-electron chi connectivity index (χ1n) is 13.7. The van der Waals surface area contributed by atoms with Gasteiger partial charge in [-0.3, -0.25) is 0 Å². The maximum Gasteiger partial charge on any atom is 0.0597 e. The SMILES string of the molecule is CC[C@]1(C)[C@H]2[C@H](O)C[C@@H]3[C@@H](C[C@H](O)[C@H]4[C@@H](/C(C)=C\CC=C(C)C)CC[C@@]43C)[C@@]2(C)CC[C@H]1O. The minimum absolute atomic E-state index is 0.0201. The van der Waals surface area contributed by atoms with E-state index in [1.54, 1.807) is 0 Å². The second kappa shape index (κ2) is 8.79. The van der Waals surface area contributed by atoms with Crippen LogP contribution in [0, 0.1) is 45.8 Å². The van der Waals surface area contributed by atoms with E-state index >= 15 is 0 Å². The molecule has 0 aromatic rings. The average molecular weight is 459 g/mol. The predicted molar refractivity (Wildman–Crippen MR) is 136 cm³/mol. The molecular weight excluding hydrogens is 408 g/mol. The van der Waals surface area contributed by atoms with Crippen LogP contribution in [0.4, 0.5) is 0 Å². The number of aliphatic hydroxyl groups is 3.